The Morgan fingerprint density at radius 2 is 1.50 bits per heavy atom. The first kappa shape index (κ1) is 12.2. The van der Waals surface area contributed by atoms with E-state index in [1.165, 1.54) is 0 Å². The molecular formula is C12H16N4O2. The van der Waals surface area contributed by atoms with E-state index in [1.54, 1.807) is 12.1 Å². The Morgan fingerprint density at radius 3 is 1.94 bits per heavy atom. The van der Waals surface area contributed by atoms with Crippen LogP contribution in [-0.4, -0.2) is 27.9 Å². The third-order valence-corrected chi connectivity index (χ3v) is 2.92. The highest BCUT2D eigenvalue weighted by Crippen LogP contribution is 2.15. The number of anilines is 1. The monoisotopic (exact) mass is 248 g/mol. The molecule has 1 heterocycles. The van der Waals surface area contributed by atoms with Crippen molar-refractivity contribution in [2.24, 2.45) is 0 Å². The second-order valence-corrected chi connectivity index (χ2v) is 3.88. The molecule has 0 amide bonds. The Hall–Kier alpha value is -2.24. The molecule has 6 nitrogen and oxygen atoms in total. The summed E-state index contributed by atoms with van der Waals surface area (Å²) in [5.74, 6) is 0. The molecule has 18 heavy (non-hydrogen) atoms. The summed E-state index contributed by atoms with van der Waals surface area (Å²) in [7, 11) is 0. The van der Waals surface area contributed by atoms with Gasteiger partial charge in [-0.15, -0.1) is 0 Å². The smallest absolute Gasteiger partial charge is 0.348 e. The Bertz CT molecular complexity index is 589. The lowest BCUT2D eigenvalue weighted by molar-refractivity contribution is 0.864. The topological polar surface area (TPSA) is 73.9 Å². The molecule has 1 aromatic heterocycles. The minimum absolute atomic E-state index is 0.462. The number of nitrogens with zero attached hydrogens (tertiary/aromatic N) is 2. The maximum atomic E-state index is 11.4. The molecule has 0 bridgehead atoms. The molecule has 96 valence electrons. The summed E-state index contributed by atoms with van der Waals surface area (Å²) in [5, 5.41) is 4.51. The summed E-state index contributed by atoms with van der Waals surface area (Å²) in [4.78, 5) is 25.1. The van der Waals surface area contributed by atoms with Crippen molar-refractivity contribution in [2.75, 3.05) is 18.0 Å². The minimum atomic E-state index is -0.462. The molecule has 0 aliphatic heterocycles. The fourth-order valence-corrected chi connectivity index (χ4v) is 1.95. The number of hydrogen-bond acceptors (Lipinski definition) is 3. The van der Waals surface area contributed by atoms with E-state index in [9.17, 15) is 9.59 Å². The molecule has 2 N–H and O–H groups in total. The predicted octanol–water partition coefficient (Wildman–Crippen LogP) is 0.700. The molecule has 2 aromatic rings. The van der Waals surface area contributed by atoms with Crippen molar-refractivity contribution >= 4 is 5.69 Å². The quantitative estimate of drug-likeness (QED) is 0.836. The minimum Gasteiger partial charge on any atom is -0.372 e. The van der Waals surface area contributed by atoms with E-state index >= 15 is 0 Å². The van der Waals surface area contributed by atoms with Gasteiger partial charge in [-0.25, -0.2) is 24.4 Å². The van der Waals surface area contributed by atoms with Gasteiger partial charge in [0, 0.05) is 18.8 Å². The molecule has 1 aromatic carbocycles. The first-order valence-electron chi connectivity index (χ1n) is 5.92. The number of nitrogens with one attached hydrogen (secondary N) is 2. The van der Waals surface area contributed by atoms with E-state index in [2.05, 4.69) is 28.9 Å². The molecule has 0 saturated carbocycles. The SMILES string of the molecule is CCN(CC)c1ccc(-n2c(=O)[nH][nH]c2=O)cc1. The van der Waals surface area contributed by atoms with Gasteiger partial charge in [-0.1, -0.05) is 0 Å². The van der Waals surface area contributed by atoms with Crippen LogP contribution >= 0.6 is 0 Å². The van der Waals surface area contributed by atoms with Crippen LogP contribution in [0.2, 0.25) is 0 Å². The van der Waals surface area contributed by atoms with Gasteiger partial charge in [0.2, 0.25) is 0 Å². The lowest BCUT2D eigenvalue weighted by atomic mass is 10.2. The van der Waals surface area contributed by atoms with E-state index in [0.717, 1.165) is 23.3 Å². The molecule has 6 heteroatoms. The maximum absolute atomic E-state index is 11.4. The van der Waals surface area contributed by atoms with Gasteiger partial charge in [-0.2, -0.15) is 0 Å². The van der Waals surface area contributed by atoms with Crippen molar-refractivity contribution in [2.45, 2.75) is 13.8 Å². The molecule has 0 atom stereocenters. The van der Waals surface area contributed by atoms with Gasteiger partial charge < -0.3 is 4.90 Å². The first-order valence-corrected chi connectivity index (χ1v) is 5.92. The second kappa shape index (κ2) is 4.95. The summed E-state index contributed by atoms with van der Waals surface area (Å²) >= 11 is 0. The standard InChI is InChI=1S/C12H16N4O2/c1-3-15(4-2)9-5-7-10(8-6-9)16-11(17)13-14-12(16)18/h5-8H,3-4H2,1-2H3,(H,13,17)(H,14,18). The average molecular weight is 248 g/mol. The first-order chi connectivity index (χ1) is 8.67. The van der Waals surface area contributed by atoms with Crippen molar-refractivity contribution in [1.29, 1.82) is 0 Å². The van der Waals surface area contributed by atoms with Gasteiger partial charge in [0.1, 0.15) is 0 Å². The third-order valence-electron chi connectivity index (χ3n) is 2.92. The zero-order valence-electron chi connectivity index (χ0n) is 10.4. The van der Waals surface area contributed by atoms with Gasteiger partial charge in [-0.3, -0.25) is 0 Å². The van der Waals surface area contributed by atoms with E-state index in [-0.39, 0.29) is 0 Å². The van der Waals surface area contributed by atoms with Crippen molar-refractivity contribution in [3.8, 4) is 5.69 Å². The third kappa shape index (κ3) is 2.09. The average Bonchev–Trinajstić information content (AvgIpc) is 2.72. The van der Waals surface area contributed by atoms with Crippen molar-refractivity contribution in [1.82, 2.24) is 14.8 Å². The predicted molar refractivity (Wildman–Crippen MR) is 70.6 cm³/mol. The van der Waals surface area contributed by atoms with Gasteiger partial charge in [0.05, 0.1) is 5.69 Å². The van der Waals surface area contributed by atoms with E-state index in [0.29, 0.717) is 5.69 Å². The number of hydrogen-bond donors (Lipinski definition) is 2. The summed E-state index contributed by atoms with van der Waals surface area (Å²) in [6, 6.07) is 7.33. The fourth-order valence-electron chi connectivity index (χ4n) is 1.95. The summed E-state index contributed by atoms with van der Waals surface area (Å²) in [6.07, 6.45) is 0. The van der Waals surface area contributed by atoms with Gasteiger partial charge in [0.25, 0.3) is 0 Å². The lowest BCUT2D eigenvalue weighted by Gasteiger charge is -2.20. The molecule has 0 fully saturated rings. The highest BCUT2D eigenvalue weighted by atomic mass is 16.2. The summed E-state index contributed by atoms with van der Waals surface area (Å²) in [5.41, 5.74) is 0.702. The zero-order valence-corrected chi connectivity index (χ0v) is 10.4. The largest absolute Gasteiger partial charge is 0.372 e. The Balaban J connectivity index is 2.39. The van der Waals surface area contributed by atoms with Crippen molar-refractivity contribution in [3.63, 3.8) is 0 Å². The summed E-state index contributed by atoms with van der Waals surface area (Å²) < 4.78 is 1.06. The highest BCUT2D eigenvalue weighted by molar-refractivity contribution is 5.50. The van der Waals surface area contributed by atoms with Crippen LogP contribution < -0.4 is 16.3 Å². The molecule has 0 unspecified atom stereocenters. The van der Waals surface area contributed by atoms with E-state index in [4.69, 9.17) is 0 Å². The summed E-state index contributed by atoms with van der Waals surface area (Å²) in [6.45, 7) is 6.00. The Morgan fingerprint density at radius 1 is 1.00 bits per heavy atom. The van der Waals surface area contributed by atoms with Crippen LogP contribution in [0, 0.1) is 0 Å². The molecule has 0 aliphatic carbocycles. The normalized spacial score (nSPS) is 10.6. The van der Waals surface area contributed by atoms with Crippen LogP contribution in [-0.2, 0) is 0 Å². The van der Waals surface area contributed by atoms with Gasteiger partial charge >= 0.3 is 11.4 Å². The number of aromatic amines is 2. The van der Waals surface area contributed by atoms with Gasteiger partial charge in [0.15, 0.2) is 0 Å². The number of rotatable bonds is 4. The van der Waals surface area contributed by atoms with Crippen LogP contribution in [0.25, 0.3) is 5.69 Å². The fraction of sp³-hybridized carbons (Fsp3) is 0.333. The highest BCUT2D eigenvalue weighted by Gasteiger charge is 2.06. The van der Waals surface area contributed by atoms with Crippen molar-refractivity contribution in [3.05, 3.63) is 45.2 Å². The van der Waals surface area contributed by atoms with Crippen LogP contribution in [0.3, 0.4) is 0 Å². The molecule has 0 aliphatic rings. The Kier molecular flexibility index (Phi) is 3.36. The number of aromatic nitrogens is 3. The molecule has 0 spiro atoms. The van der Waals surface area contributed by atoms with Crippen molar-refractivity contribution < 1.29 is 0 Å². The number of H-pyrrole nitrogens is 2. The second-order valence-electron chi connectivity index (χ2n) is 3.88. The van der Waals surface area contributed by atoms with E-state index in [1.807, 2.05) is 12.1 Å². The Labute approximate surface area is 104 Å². The molecule has 0 saturated heterocycles. The number of benzene rings is 1. The molecule has 0 radical (unpaired) electrons. The zero-order chi connectivity index (χ0) is 13.1. The molecule has 2 rings (SSSR count). The maximum Gasteiger partial charge on any atom is 0.348 e. The van der Waals surface area contributed by atoms with Crippen LogP contribution in [0.4, 0.5) is 5.69 Å². The van der Waals surface area contributed by atoms with Crippen LogP contribution in [0.15, 0.2) is 33.9 Å². The van der Waals surface area contributed by atoms with Gasteiger partial charge in [-0.05, 0) is 38.1 Å². The molecular weight excluding hydrogens is 232 g/mol. The lowest BCUT2D eigenvalue weighted by Crippen LogP contribution is -2.25. The van der Waals surface area contributed by atoms with Crippen LogP contribution in [0.1, 0.15) is 13.8 Å². The van der Waals surface area contributed by atoms with E-state index < -0.39 is 11.4 Å². The van der Waals surface area contributed by atoms with Crippen LogP contribution in [0.5, 0.6) is 0 Å².